The number of hydrogen-bond donors (Lipinski definition) is 2. The summed E-state index contributed by atoms with van der Waals surface area (Å²) in [5.41, 5.74) is 1.55. The first-order valence-corrected chi connectivity index (χ1v) is 10.6. The number of amides is 1. The van der Waals surface area contributed by atoms with Gasteiger partial charge in [0, 0.05) is 11.6 Å². The minimum absolute atomic E-state index is 0.0643. The van der Waals surface area contributed by atoms with Crippen LogP contribution < -0.4 is 19.5 Å². The molecule has 0 saturated heterocycles. The fourth-order valence-electron chi connectivity index (χ4n) is 2.41. The van der Waals surface area contributed by atoms with E-state index in [9.17, 15) is 13.2 Å². The van der Waals surface area contributed by atoms with E-state index < -0.39 is 15.9 Å². The van der Waals surface area contributed by atoms with E-state index in [-0.39, 0.29) is 15.2 Å². The number of aryl methyl sites for hydroxylation is 1. The molecular formula is C18H18N4O5S2. The van der Waals surface area contributed by atoms with Crippen molar-refractivity contribution >= 4 is 38.1 Å². The normalized spacial score (nSPS) is 11.0. The van der Waals surface area contributed by atoms with Crippen molar-refractivity contribution < 1.29 is 22.7 Å². The SMILES string of the molecule is COc1ccc(OC)c(NS(=O)(=O)c2nnc(NC(=O)c3cccc(C)c3)s2)c1. The van der Waals surface area contributed by atoms with Gasteiger partial charge in [-0.1, -0.05) is 29.0 Å². The highest BCUT2D eigenvalue weighted by Crippen LogP contribution is 2.31. The summed E-state index contributed by atoms with van der Waals surface area (Å²) < 4.78 is 37.7. The summed E-state index contributed by atoms with van der Waals surface area (Å²) in [4.78, 5) is 12.3. The topological polar surface area (TPSA) is 120 Å². The van der Waals surface area contributed by atoms with E-state index in [1.54, 1.807) is 30.3 Å². The fraction of sp³-hybridized carbons (Fsp3) is 0.167. The summed E-state index contributed by atoms with van der Waals surface area (Å²) in [5, 5.41) is 10.0. The molecule has 0 atom stereocenters. The number of carbonyl (C=O) groups excluding carboxylic acids is 1. The Morgan fingerprint density at radius 2 is 1.86 bits per heavy atom. The van der Waals surface area contributed by atoms with Crippen LogP contribution in [0.2, 0.25) is 0 Å². The van der Waals surface area contributed by atoms with Gasteiger partial charge >= 0.3 is 0 Å². The van der Waals surface area contributed by atoms with Crippen molar-refractivity contribution in [1.82, 2.24) is 10.2 Å². The highest BCUT2D eigenvalue weighted by Gasteiger charge is 2.23. The molecule has 0 radical (unpaired) electrons. The Bertz CT molecular complexity index is 1140. The fourth-order valence-corrected chi connectivity index (χ4v) is 4.36. The maximum Gasteiger partial charge on any atom is 0.291 e. The quantitative estimate of drug-likeness (QED) is 0.549. The monoisotopic (exact) mass is 434 g/mol. The van der Waals surface area contributed by atoms with E-state index in [4.69, 9.17) is 9.47 Å². The van der Waals surface area contributed by atoms with Gasteiger partial charge in [-0.25, -0.2) is 0 Å². The van der Waals surface area contributed by atoms with Crippen molar-refractivity contribution in [2.24, 2.45) is 0 Å². The van der Waals surface area contributed by atoms with Crippen LogP contribution in [0.3, 0.4) is 0 Å². The van der Waals surface area contributed by atoms with E-state index in [1.165, 1.54) is 20.3 Å². The van der Waals surface area contributed by atoms with Crippen molar-refractivity contribution in [3.05, 3.63) is 53.6 Å². The number of aromatic nitrogens is 2. The maximum absolute atomic E-state index is 12.7. The zero-order valence-electron chi connectivity index (χ0n) is 15.8. The van der Waals surface area contributed by atoms with Crippen LogP contribution in [0.15, 0.2) is 46.8 Å². The summed E-state index contributed by atoms with van der Waals surface area (Å²) in [5.74, 6) is 0.356. The largest absolute Gasteiger partial charge is 0.497 e. The number of anilines is 2. The van der Waals surface area contributed by atoms with Gasteiger partial charge in [0.1, 0.15) is 11.5 Å². The Hall–Kier alpha value is -3.18. The molecule has 1 aromatic heterocycles. The van der Waals surface area contributed by atoms with Gasteiger partial charge in [0.25, 0.3) is 20.3 Å². The molecule has 0 fully saturated rings. The second kappa shape index (κ2) is 8.45. The molecule has 1 heterocycles. The van der Waals surface area contributed by atoms with Gasteiger partial charge in [-0.05, 0) is 31.2 Å². The maximum atomic E-state index is 12.7. The van der Waals surface area contributed by atoms with Crippen molar-refractivity contribution in [1.29, 1.82) is 0 Å². The molecule has 0 aliphatic heterocycles. The third-order valence-corrected chi connectivity index (χ3v) is 6.36. The van der Waals surface area contributed by atoms with Crippen molar-refractivity contribution in [3.63, 3.8) is 0 Å². The van der Waals surface area contributed by atoms with E-state index >= 15 is 0 Å². The molecule has 29 heavy (non-hydrogen) atoms. The Kier molecular flexibility index (Phi) is 5.99. The number of methoxy groups -OCH3 is 2. The third-order valence-electron chi connectivity index (χ3n) is 3.79. The number of ether oxygens (including phenoxy) is 2. The Labute approximate surface area is 171 Å². The van der Waals surface area contributed by atoms with Crippen LogP contribution in [0.4, 0.5) is 10.8 Å². The van der Waals surface area contributed by atoms with Gasteiger partial charge in [0.15, 0.2) is 0 Å². The smallest absolute Gasteiger partial charge is 0.291 e. The predicted octanol–water partition coefficient (Wildman–Crippen LogP) is 2.92. The van der Waals surface area contributed by atoms with E-state index in [2.05, 4.69) is 20.2 Å². The average molecular weight is 434 g/mol. The first kappa shape index (κ1) is 20.6. The lowest BCUT2D eigenvalue weighted by Crippen LogP contribution is -2.13. The lowest BCUT2D eigenvalue weighted by Gasteiger charge is -2.11. The minimum atomic E-state index is -4.05. The standard InChI is InChI=1S/C18H18N4O5S2/c1-11-5-4-6-12(9-11)16(23)19-17-20-21-18(28-17)29(24,25)22-14-10-13(26-2)7-8-15(14)27-3/h4-10,22H,1-3H3,(H,19,20,23). The van der Waals surface area contributed by atoms with Crippen LogP contribution in [0, 0.1) is 6.92 Å². The molecule has 0 saturated carbocycles. The minimum Gasteiger partial charge on any atom is -0.497 e. The zero-order valence-corrected chi connectivity index (χ0v) is 17.4. The molecular weight excluding hydrogens is 416 g/mol. The van der Waals surface area contributed by atoms with Crippen LogP contribution in [0.5, 0.6) is 11.5 Å². The number of nitrogens with one attached hydrogen (secondary N) is 2. The number of sulfonamides is 1. The van der Waals surface area contributed by atoms with E-state index in [0.29, 0.717) is 17.1 Å². The number of rotatable bonds is 7. The first-order valence-electron chi connectivity index (χ1n) is 8.29. The van der Waals surface area contributed by atoms with Crippen LogP contribution in [-0.4, -0.2) is 38.7 Å². The summed E-state index contributed by atoms with van der Waals surface area (Å²) in [6, 6.07) is 11.7. The Balaban J connectivity index is 1.79. The van der Waals surface area contributed by atoms with Crippen molar-refractivity contribution in [3.8, 4) is 11.5 Å². The molecule has 11 heteroatoms. The van der Waals surface area contributed by atoms with Gasteiger partial charge in [0.05, 0.1) is 19.9 Å². The Morgan fingerprint density at radius 3 is 2.55 bits per heavy atom. The molecule has 3 rings (SSSR count). The predicted molar refractivity (Wildman–Crippen MR) is 109 cm³/mol. The van der Waals surface area contributed by atoms with E-state index in [1.807, 2.05) is 13.0 Å². The Morgan fingerprint density at radius 1 is 1.07 bits per heavy atom. The number of hydrogen-bond acceptors (Lipinski definition) is 8. The lowest BCUT2D eigenvalue weighted by atomic mass is 10.1. The molecule has 2 N–H and O–H groups in total. The van der Waals surface area contributed by atoms with Crippen molar-refractivity contribution in [2.75, 3.05) is 24.3 Å². The molecule has 0 bridgehead atoms. The summed E-state index contributed by atoms with van der Waals surface area (Å²) >= 11 is 0.733. The number of benzene rings is 2. The molecule has 0 spiro atoms. The summed E-state index contributed by atoms with van der Waals surface area (Å²) in [7, 11) is -1.16. The van der Waals surface area contributed by atoms with Gasteiger partial charge in [-0.2, -0.15) is 8.42 Å². The molecule has 0 unspecified atom stereocenters. The first-order chi connectivity index (χ1) is 13.8. The number of nitrogens with zero attached hydrogens (tertiary/aromatic N) is 2. The van der Waals surface area contributed by atoms with Crippen molar-refractivity contribution in [2.45, 2.75) is 11.3 Å². The highest BCUT2D eigenvalue weighted by atomic mass is 32.2. The third kappa shape index (κ3) is 4.81. The van der Waals surface area contributed by atoms with Gasteiger partial charge in [-0.15, -0.1) is 10.2 Å². The molecule has 0 aliphatic rings. The van der Waals surface area contributed by atoms with Crippen LogP contribution >= 0.6 is 11.3 Å². The highest BCUT2D eigenvalue weighted by molar-refractivity contribution is 7.94. The molecule has 9 nitrogen and oxygen atoms in total. The summed E-state index contributed by atoms with van der Waals surface area (Å²) in [6.07, 6.45) is 0. The molecule has 2 aromatic carbocycles. The molecule has 1 amide bonds. The molecule has 0 aliphatic carbocycles. The van der Waals surface area contributed by atoms with Crippen LogP contribution in [0.1, 0.15) is 15.9 Å². The second-order valence-electron chi connectivity index (χ2n) is 5.87. The van der Waals surface area contributed by atoms with Gasteiger partial charge < -0.3 is 9.47 Å². The summed E-state index contributed by atoms with van der Waals surface area (Å²) in [6.45, 7) is 1.87. The molecule has 3 aromatic rings. The van der Waals surface area contributed by atoms with Gasteiger partial charge in [0.2, 0.25) is 5.13 Å². The number of carbonyl (C=O) groups is 1. The van der Waals surface area contributed by atoms with Gasteiger partial charge in [-0.3, -0.25) is 14.8 Å². The second-order valence-corrected chi connectivity index (χ2v) is 8.70. The lowest BCUT2D eigenvalue weighted by molar-refractivity contribution is 0.102. The van der Waals surface area contributed by atoms with E-state index in [0.717, 1.165) is 16.9 Å². The molecule has 152 valence electrons. The zero-order chi connectivity index (χ0) is 21.0. The van der Waals surface area contributed by atoms with Crippen LogP contribution in [-0.2, 0) is 10.0 Å². The van der Waals surface area contributed by atoms with Crippen LogP contribution in [0.25, 0.3) is 0 Å². The average Bonchev–Trinajstić information content (AvgIpc) is 3.17.